The lowest BCUT2D eigenvalue weighted by Gasteiger charge is -2.22. The fraction of sp³-hybridized carbons (Fsp3) is 0.750. The van der Waals surface area contributed by atoms with Crippen LogP contribution in [0.2, 0.25) is 0 Å². The van der Waals surface area contributed by atoms with E-state index in [1.165, 1.54) is 17.8 Å². The lowest BCUT2D eigenvalue weighted by Crippen LogP contribution is -2.26. The zero-order chi connectivity index (χ0) is 11.4. The van der Waals surface area contributed by atoms with Crippen molar-refractivity contribution >= 4 is 0 Å². The van der Waals surface area contributed by atoms with Gasteiger partial charge < -0.3 is 14.6 Å². The molecule has 1 aliphatic rings. The summed E-state index contributed by atoms with van der Waals surface area (Å²) in [4.78, 5) is 4.49. The normalized spacial score (nSPS) is 17.1. The fourth-order valence-corrected chi connectivity index (χ4v) is 2.40. The van der Waals surface area contributed by atoms with Gasteiger partial charge in [0.2, 0.25) is 0 Å². The van der Waals surface area contributed by atoms with E-state index < -0.39 is 0 Å². The molecule has 0 fully saturated rings. The number of ether oxygens (including phenoxy) is 1. The Morgan fingerprint density at radius 3 is 3.25 bits per heavy atom. The van der Waals surface area contributed by atoms with Crippen molar-refractivity contribution in [1.29, 1.82) is 0 Å². The second kappa shape index (κ2) is 5.46. The monoisotopic (exact) mass is 223 g/mol. The Morgan fingerprint density at radius 1 is 1.62 bits per heavy atom. The molecule has 0 aliphatic carbocycles. The van der Waals surface area contributed by atoms with Crippen molar-refractivity contribution in [3.05, 3.63) is 17.7 Å². The minimum atomic E-state index is 0.448. The number of fused-ring (bicyclic) bond motifs is 1. The van der Waals surface area contributed by atoms with Crippen LogP contribution in [0.5, 0.6) is 0 Å². The van der Waals surface area contributed by atoms with Crippen LogP contribution >= 0.6 is 0 Å². The minimum absolute atomic E-state index is 0.448. The first-order valence-corrected chi connectivity index (χ1v) is 6.11. The lowest BCUT2D eigenvalue weighted by molar-refractivity contribution is 0.149. The third-order valence-corrected chi connectivity index (χ3v) is 3.19. The summed E-state index contributed by atoms with van der Waals surface area (Å²) in [6.45, 7) is 4.97. The maximum absolute atomic E-state index is 5.31. The summed E-state index contributed by atoms with van der Waals surface area (Å²) in [6, 6.07) is 0.448. The third-order valence-electron chi connectivity index (χ3n) is 3.19. The van der Waals surface area contributed by atoms with Crippen molar-refractivity contribution in [3.63, 3.8) is 0 Å². The van der Waals surface area contributed by atoms with E-state index in [0.29, 0.717) is 6.04 Å². The van der Waals surface area contributed by atoms with Crippen LogP contribution in [0.3, 0.4) is 0 Å². The summed E-state index contributed by atoms with van der Waals surface area (Å²) in [5.41, 5.74) is 2.61. The van der Waals surface area contributed by atoms with Crippen LogP contribution in [0.1, 0.15) is 37.2 Å². The van der Waals surface area contributed by atoms with Gasteiger partial charge in [-0.15, -0.1) is 0 Å². The van der Waals surface area contributed by atoms with E-state index in [0.717, 1.165) is 32.5 Å². The Hall–Kier alpha value is -0.870. The van der Waals surface area contributed by atoms with Crippen LogP contribution in [0.15, 0.2) is 6.33 Å². The van der Waals surface area contributed by atoms with Crippen molar-refractivity contribution in [2.75, 3.05) is 20.3 Å². The Labute approximate surface area is 97.0 Å². The van der Waals surface area contributed by atoms with E-state index in [4.69, 9.17) is 4.74 Å². The second-order valence-corrected chi connectivity index (χ2v) is 4.37. The molecular weight excluding hydrogens is 202 g/mol. The van der Waals surface area contributed by atoms with Gasteiger partial charge in [-0.2, -0.15) is 0 Å². The Bertz CT molecular complexity index is 329. The summed E-state index contributed by atoms with van der Waals surface area (Å²) < 4.78 is 7.63. The number of rotatable bonds is 5. The molecule has 90 valence electrons. The van der Waals surface area contributed by atoms with Gasteiger partial charge >= 0.3 is 0 Å². The number of hydrogen-bond acceptors (Lipinski definition) is 3. The number of methoxy groups -OCH3 is 1. The zero-order valence-corrected chi connectivity index (χ0v) is 10.2. The van der Waals surface area contributed by atoms with Gasteiger partial charge in [-0.1, -0.05) is 13.3 Å². The van der Waals surface area contributed by atoms with Crippen molar-refractivity contribution in [2.24, 2.45) is 0 Å². The summed E-state index contributed by atoms with van der Waals surface area (Å²) in [5, 5.41) is 3.35. The van der Waals surface area contributed by atoms with Gasteiger partial charge in [-0.3, -0.25) is 0 Å². The summed E-state index contributed by atoms with van der Waals surface area (Å²) in [6.07, 6.45) is 5.40. The van der Waals surface area contributed by atoms with Crippen LogP contribution in [0, 0.1) is 0 Å². The van der Waals surface area contributed by atoms with Crippen LogP contribution in [-0.4, -0.2) is 29.8 Å². The molecule has 16 heavy (non-hydrogen) atoms. The van der Waals surface area contributed by atoms with Gasteiger partial charge in [0.25, 0.3) is 0 Å². The molecule has 0 amide bonds. The highest BCUT2D eigenvalue weighted by atomic mass is 16.5. The zero-order valence-electron chi connectivity index (χ0n) is 10.2. The molecule has 1 atom stereocenters. The lowest BCUT2D eigenvalue weighted by atomic mass is 10.1. The van der Waals surface area contributed by atoms with E-state index in [-0.39, 0.29) is 0 Å². The molecule has 1 N–H and O–H groups in total. The van der Waals surface area contributed by atoms with E-state index >= 15 is 0 Å². The SMILES string of the molecule is CCCC(COC)n1cnc2c1CCNC2. The molecule has 0 aromatic carbocycles. The summed E-state index contributed by atoms with van der Waals surface area (Å²) in [7, 11) is 1.77. The molecule has 0 spiro atoms. The largest absolute Gasteiger partial charge is 0.383 e. The van der Waals surface area contributed by atoms with E-state index in [2.05, 4.69) is 21.8 Å². The van der Waals surface area contributed by atoms with Crippen molar-refractivity contribution in [1.82, 2.24) is 14.9 Å². The van der Waals surface area contributed by atoms with Crippen molar-refractivity contribution in [2.45, 2.75) is 38.8 Å². The van der Waals surface area contributed by atoms with Crippen LogP contribution in [-0.2, 0) is 17.7 Å². The standard InChI is InChI=1S/C12H21N3O/c1-3-4-10(8-16-2)15-9-14-11-7-13-6-5-12(11)15/h9-10,13H,3-8H2,1-2H3. The summed E-state index contributed by atoms with van der Waals surface area (Å²) >= 11 is 0. The average molecular weight is 223 g/mol. The molecule has 1 aliphatic heterocycles. The highest BCUT2D eigenvalue weighted by Crippen LogP contribution is 2.21. The molecule has 0 saturated heterocycles. The number of nitrogens with one attached hydrogen (secondary N) is 1. The predicted octanol–water partition coefficient (Wildman–Crippen LogP) is 1.52. The molecule has 2 rings (SSSR count). The van der Waals surface area contributed by atoms with Gasteiger partial charge in [0, 0.05) is 32.3 Å². The average Bonchev–Trinajstić information content (AvgIpc) is 2.72. The van der Waals surface area contributed by atoms with Crippen molar-refractivity contribution in [3.8, 4) is 0 Å². The number of nitrogens with zero attached hydrogens (tertiary/aromatic N) is 2. The predicted molar refractivity (Wildman–Crippen MR) is 63.5 cm³/mol. The first kappa shape index (κ1) is 11.6. The molecule has 4 heteroatoms. The number of aromatic nitrogens is 2. The van der Waals surface area contributed by atoms with E-state index in [9.17, 15) is 0 Å². The Kier molecular flexibility index (Phi) is 3.96. The number of imidazole rings is 1. The molecular formula is C12H21N3O. The van der Waals surface area contributed by atoms with Crippen LogP contribution < -0.4 is 5.32 Å². The first-order chi connectivity index (χ1) is 7.86. The molecule has 1 aromatic heterocycles. The molecule has 2 heterocycles. The highest BCUT2D eigenvalue weighted by molar-refractivity contribution is 5.17. The molecule has 1 unspecified atom stereocenters. The smallest absolute Gasteiger partial charge is 0.0955 e. The van der Waals surface area contributed by atoms with Crippen molar-refractivity contribution < 1.29 is 4.74 Å². The van der Waals surface area contributed by atoms with Gasteiger partial charge in [0.1, 0.15) is 0 Å². The van der Waals surface area contributed by atoms with E-state index in [1.807, 2.05) is 6.33 Å². The van der Waals surface area contributed by atoms with Gasteiger partial charge in [-0.25, -0.2) is 4.98 Å². The molecule has 4 nitrogen and oxygen atoms in total. The first-order valence-electron chi connectivity index (χ1n) is 6.11. The summed E-state index contributed by atoms with van der Waals surface area (Å²) in [5.74, 6) is 0. The maximum atomic E-state index is 5.31. The topological polar surface area (TPSA) is 39.1 Å². The highest BCUT2D eigenvalue weighted by Gasteiger charge is 2.19. The van der Waals surface area contributed by atoms with E-state index in [1.54, 1.807) is 7.11 Å². The Balaban J connectivity index is 2.19. The second-order valence-electron chi connectivity index (χ2n) is 4.37. The van der Waals surface area contributed by atoms with Crippen LogP contribution in [0.4, 0.5) is 0 Å². The quantitative estimate of drug-likeness (QED) is 0.822. The fourth-order valence-electron chi connectivity index (χ4n) is 2.40. The minimum Gasteiger partial charge on any atom is -0.383 e. The molecule has 0 radical (unpaired) electrons. The van der Waals surface area contributed by atoms with Gasteiger partial charge in [0.15, 0.2) is 0 Å². The Morgan fingerprint density at radius 2 is 2.50 bits per heavy atom. The maximum Gasteiger partial charge on any atom is 0.0955 e. The molecule has 0 saturated carbocycles. The van der Waals surface area contributed by atoms with Gasteiger partial charge in [-0.05, 0) is 6.42 Å². The third kappa shape index (κ3) is 2.28. The molecule has 0 bridgehead atoms. The number of hydrogen-bond donors (Lipinski definition) is 1. The van der Waals surface area contributed by atoms with Crippen LogP contribution in [0.25, 0.3) is 0 Å². The molecule has 1 aromatic rings. The van der Waals surface area contributed by atoms with Gasteiger partial charge in [0.05, 0.1) is 24.7 Å².